The molecule has 0 saturated heterocycles. The summed E-state index contributed by atoms with van der Waals surface area (Å²) in [5.74, 6) is 2.04. The number of azo groups is 1. The summed E-state index contributed by atoms with van der Waals surface area (Å²) in [4.78, 5) is 14.7. The van der Waals surface area contributed by atoms with Crippen molar-refractivity contribution >= 4 is 11.6 Å². The van der Waals surface area contributed by atoms with E-state index in [0.29, 0.717) is 17.2 Å². The van der Waals surface area contributed by atoms with Gasteiger partial charge >= 0.3 is 0 Å². The average Bonchev–Trinajstić information content (AvgIpc) is 3.28. The molecular formula is C21H16N6O4. The Morgan fingerprint density at radius 1 is 1.03 bits per heavy atom. The Hall–Kier alpha value is -4.47. The summed E-state index contributed by atoms with van der Waals surface area (Å²) in [6.45, 7) is 0.184. The lowest BCUT2D eigenvalue weighted by Crippen LogP contribution is -1.90. The second-order valence-electron chi connectivity index (χ2n) is 6.34. The van der Waals surface area contributed by atoms with Crippen molar-refractivity contribution in [3.63, 3.8) is 0 Å². The van der Waals surface area contributed by atoms with Crippen LogP contribution in [-0.2, 0) is 6.54 Å². The molecule has 0 unspecified atom stereocenters. The van der Waals surface area contributed by atoms with Crippen molar-refractivity contribution in [3.05, 3.63) is 82.7 Å². The van der Waals surface area contributed by atoms with Crippen LogP contribution >= 0.6 is 0 Å². The van der Waals surface area contributed by atoms with Gasteiger partial charge in [-0.05, 0) is 48.5 Å². The van der Waals surface area contributed by atoms with Gasteiger partial charge in [-0.2, -0.15) is 10.2 Å². The zero-order valence-corrected chi connectivity index (χ0v) is 16.4. The van der Waals surface area contributed by atoms with E-state index in [2.05, 4.69) is 25.4 Å². The predicted octanol–water partition coefficient (Wildman–Crippen LogP) is 5.00. The van der Waals surface area contributed by atoms with Gasteiger partial charge < -0.3 is 9.15 Å². The number of furan rings is 1. The van der Waals surface area contributed by atoms with Crippen LogP contribution in [0.5, 0.6) is 5.75 Å². The Kier molecular flexibility index (Phi) is 5.70. The van der Waals surface area contributed by atoms with Crippen molar-refractivity contribution in [2.24, 2.45) is 10.2 Å². The molecule has 10 heteroatoms. The molecule has 31 heavy (non-hydrogen) atoms. The van der Waals surface area contributed by atoms with E-state index >= 15 is 0 Å². The van der Waals surface area contributed by atoms with E-state index in [1.54, 1.807) is 37.6 Å². The first-order valence-corrected chi connectivity index (χ1v) is 9.17. The van der Waals surface area contributed by atoms with Gasteiger partial charge in [0.05, 0.1) is 23.9 Å². The molecule has 0 spiro atoms. The molecule has 10 nitrogen and oxygen atoms in total. The first-order chi connectivity index (χ1) is 15.1. The third-order valence-electron chi connectivity index (χ3n) is 4.34. The minimum Gasteiger partial charge on any atom is -0.497 e. The first-order valence-electron chi connectivity index (χ1n) is 9.17. The van der Waals surface area contributed by atoms with Crippen molar-refractivity contribution in [2.75, 3.05) is 7.11 Å². The highest BCUT2D eigenvalue weighted by Crippen LogP contribution is 2.25. The number of ether oxygens (including phenoxy) is 1. The van der Waals surface area contributed by atoms with Gasteiger partial charge in [0.2, 0.25) is 0 Å². The van der Waals surface area contributed by atoms with Gasteiger partial charge in [-0.1, -0.05) is 0 Å². The molecule has 4 aromatic rings. The number of hydrogen-bond donors (Lipinski definition) is 0. The molecule has 0 aliphatic heterocycles. The fraction of sp³-hybridized carbons (Fsp3) is 0.0952. The highest BCUT2D eigenvalue weighted by Gasteiger charge is 2.09. The molecule has 0 amide bonds. The number of methoxy groups -OCH3 is 1. The summed E-state index contributed by atoms with van der Waals surface area (Å²) in [6.07, 6.45) is 1.55. The summed E-state index contributed by atoms with van der Waals surface area (Å²) in [5, 5.41) is 26.6. The molecule has 0 fully saturated rings. The molecule has 0 radical (unpaired) electrons. The van der Waals surface area contributed by atoms with E-state index in [1.807, 2.05) is 24.3 Å². The summed E-state index contributed by atoms with van der Waals surface area (Å²) in [5.41, 5.74) is 2.22. The Bertz CT molecular complexity index is 1220. The summed E-state index contributed by atoms with van der Waals surface area (Å²) >= 11 is 0. The topological polar surface area (TPSA) is 129 Å². The van der Waals surface area contributed by atoms with E-state index in [0.717, 1.165) is 16.9 Å². The lowest BCUT2D eigenvalue weighted by Gasteiger charge is -2.02. The molecule has 2 aromatic heterocycles. The smallest absolute Gasteiger partial charge is 0.287 e. The van der Waals surface area contributed by atoms with E-state index in [4.69, 9.17) is 9.15 Å². The fourth-order valence-corrected chi connectivity index (χ4v) is 2.77. The van der Waals surface area contributed by atoms with Crippen LogP contribution in [0.4, 0.5) is 11.6 Å². The number of benzene rings is 2. The molecule has 0 atom stereocenters. The highest BCUT2D eigenvalue weighted by atomic mass is 16.6. The largest absolute Gasteiger partial charge is 0.497 e. The van der Waals surface area contributed by atoms with Crippen LogP contribution < -0.4 is 4.74 Å². The minimum absolute atomic E-state index is 0.0230. The van der Waals surface area contributed by atoms with Gasteiger partial charge in [-0.25, -0.2) is 4.98 Å². The molecule has 0 aliphatic rings. The maximum absolute atomic E-state index is 10.8. The quantitative estimate of drug-likeness (QED) is 0.235. The van der Waals surface area contributed by atoms with Gasteiger partial charge in [0.15, 0.2) is 0 Å². The van der Waals surface area contributed by atoms with Crippen molar-refractivity contribution in [1.29, 1.82) is 0 Å². The van der Waals surface area contributed by atoms with E-state index in [-0.39, 0.29) is 18.2 Å². The maximum Gasteiger partial charge on any atom is 0.287 e. The molecule has 0 saturated carbocycles. The van der Waals surface area contributed by atoms with E-state index < -0.39 is 4.92 Å². The zero-order chi connectivity index (χ0) is 21.6. The molecule has 2 heterocycles. The van der Waals surface area contributed by atoms with Gasteiger partial charge in [-0.3, -0.25) is 10.1 Å². The molecule has 4 rings (SSSR count). The van der Waals surface area contributed by atoms with Crippen LogP contribution in [0.1, 0.15) is 5.76 Å². The van der Waals surface area contributed by atoms with Crippen molar-refractivity contribution < 1.29 is 14.1 Å². The SMILES string of the molecule is COc1ccc(-c2cnnc(N=NCc3ccc(-c4ccc([N+](=O)[O-])cc4)o3)n2)cc1. The summed E-state index contributed by atoms with van der Waals surface area (Å²) in [6, 6.07) is 17.1. The Labute approximate surface area is 176 Å². The second kappa shape index (κ2) is 8.91. The Balaban J connectivity index is 1.42. The van der Waals surface area contributed by atoms with Crippen LogP contribution in [0.25, 0.3) is 22.6 Å². The van der Waals surface area contributed by atoms with Gasteiger partial charge in [0, 0.05) is 23.3 Å². The third kappa shape index (κ3) is 4.75. The van der Waals surface area contributed by atoms with Crippen molar-refractivity contribution in [2.45, 2.75) is 6.54 Å². The van der Waals surface area contributed by atoms with E-state index in [1.165, 1.54) is 12.1 Å². The highest BCUT2D eigenvalue weighted by molar-refractivity contribution is 5.60. The van der Waals surface area contributed by atoms with Crippen LogP contribution in [0.3, 0.4) is 0 Å². The number of nitro benzene ring substituents is 1. The normalized spacial score (nSPS) is 11.0. The van der Waals surface area contributed by atoms with Crippen LogP contribution in [0.15, 0.2) is 81.5 Å². The van der Waals surface area contributed by atoms with Gasteiger partial charge in [0.1, 0.15) is 23.8 Å². The monoisotopic (exact) mass is 416 g/mol. The zero-order valence-electron chi connectivity index (χ0n) is 16.4. The predicted molar refractivity (Wildman–Crippen MR) is 111 cm³/mol. The molecule has 0 N–H and O–H groups in total. The Morgan fingerprint density at radius 2 is 1.77 bits per heavy atom. The fourth-order valence-electron chi connectivity index (χ4n) is 2.77. The van der Waals surface area contributed by atoms with Crippen LogP contribution in [0, 0.1) is 10.1 Å². The van der Waals surface area contributed by atoms with Gasteiger partial charge in [0.25, 0.3) is 11.6 Å². The maximum atomic E-state index is 10.8. The molecular weight excluding hydrogens is 400 g/mol. The number of hydrogen-bond acceptors (Lipinski definition) is 9. The summed E-state index contributed by atoms with van der Waals surface area (Å²) in [7, 11) is 1.60. The van der Waals surface area contributed by atoms with Crippen LogP contribution in [-0.4, -0.2) is 27.2 Å². The summed E-state index contributed by atoms with van der Waals surface area (Å²) < 4.78 is 10.9. The molecule has 0 bridgehead atoms. The number of nitro groups is 1. The van der Waals surface area contributed by atoms with E-state index in [9.17, 15) is 10.1 Å². The third-order valence-corrected chi connectivity index (χ3v) is 4.34. The minimum atomic E-state index is -0.446. The van der Waals surface area contributed by atoms with Crippen molar-refractivity contribution in [3.8, 4) is 28.3 Å². The first kappa shape index (κ1) is 19.8. The molecule has 154 valence electrons. The molecule has 2 aromatic carbocycles. The second-order valence-corrected chi connectivity index (χ2v) is 6.34. The lowest BCUT2D eigenvalue weighted by molar-refractivity contribution is -0.384. The molecule has 0 aliphatic carbocycles. The average molecular weight is 416 g/mol. The number of rotatable bonds is 7. The number of aromatic nitrogens is 3. The standard InChI is InChI=1S/C21H16N6O4/c1-30-17-8-4-14(5-9-17)19-13-23-26-21(24-19)25-22-12-18-10-11-20(31-18)15-2-6-16(7-3-15)27(28)29/h2-11,13H,12H2,1H3. The lowest BCUT2D eigenvalue weighted by atomic mass is 10.1. The van der Waals surface area contributed by atoms with Crippen LogP contribution in [0.2, 0.25) is 0 Å². The number of non-ortho nitro benzene ring substituents is 1. The van der Waals surface area contributed by atoms with Gasteiger partial charge in [-0.15, -0.1) is 10.2 Å². The van der Waals surface area contributed by atoms with Crippen molar-refractivity contribution in [1.82, 2.24) is 15.2 Å². The Morgan fingerprint density at radius 3 is 2.48 bits per heavy atom. The number of nitrogens with zero attached hydrogens (tertiary/aromatic N) is 6.